The van der Waals surface area contributed by atoms with Gasteiger partial charge in [-0.15, -0.1) is 0 Å². The van der Waals surface area contributed by atoms with Gasteiger partial charge in [-0.3, -0.25) is 0 Å². The van der Waals surface area contributed by atoms with Gasteiger partial charge in [-0.2, -0.15) is 0 Å². The van der Waals surface area contributed by atoms with E-state index in [9.17, 15) is 13.2 Å². The van der Waals surface area contributed by atoms with Gasteiger partial charge in [0, 0.05) is 0 Å². The number of hydrogen-bond acceptors (Lipinski definition) is 5. The second-order valence-electron chi connectivity index (χ2n) is 8.36. The maximum atomic E-state index is 12.9. The van der Waals surface area contributed by atoms with Crippen LogP contribution in [0.4, 0.5) is 10.5 Å². The molecular weight excluding hydrogens is 479 g/mol. The summed E-state index contributed by atoms with van der Waals surface area (Å²) in [5, 5.41) is 8.23. The van der Waals surface area contributed by atoms with E-state index in [1.54, 1.807) is 4.68 Å². The standard InChI is InChI=1S/C21H27AsN4O4S/c1-2-22-15-11-26-20(30-12-15)18(10-23-26)31(28,29)25-21(27)24-19-16-7-3-5-13(16)9-14-6-4-8-17(14)19/h9-10,15,22H,2-8,11-12H2,1H3,(H2,24,25,27). The third-order valence-corrected chi connectivity index (χ3v) is 10.4. The monoisotopic (exact) mass is 506 g/mol. The van der Waals surface area contributed by atoms with E-state index in [4.69, 9.17) is 4.74 Å². The van der Waals surface area contributed by atoms with Crippen molar-refractivity contribution in [1.82, 2.24) is 14.5 Å². The molecule has 0 radical (unpaired) electrons. The van der Waals surface area contributed by atoms with Gasteiger partial charge in [0.15, 0.2) is 0 Å². The first-order valence-electron chi connectivity index (χ1n) is 10.9. The number of carbonyl (C=O) groups is 1. The molecular formula is C21H27AsN4O4S. The van der Waals surface area contributed by atoms with E-state index in [1.165, 1.54) is 17.3 Å². The molecule has 1 aromatic heterocycles. The van der Waals surface area contributed by atoms with Crippen LogP contribution in [0.15, 0.2) is 17.2 Å². The molecule has 2 amide bonds. The normalized spacial score (nSPS) is 19.7. The number of fused-ring (bicyclic) bond motifs is 3. The Labute approximate surface area is 188 Å². The van der Waals surface area contributed by atoms with E-state index in [0.717, 1.165) is 60.5 Å². The van der Waals surface area contributed by atoms with Crippen LogP contribution in [-0.2, 0) is 42.3 Å². The van der Waals surface area contributed by atoms with Crippen LogP contribution in [0.25, 0.3) is 0 Å². The summed E-state index contributed by atoms with van der Waals surface area (Å²) in [6, 6.07) is 1.54. The first-order valence-corrected chi connectivity index (χ1v) is 15.1. The third kappa shape index (κ3) is 3.87. The molecule has 0 fully saturated rings. The Morgan fingerprint density at radius 1 is 1.23 bits per heavy atom. The molecule has 2 unspecified atom stereocenters. The van der Waals surface area contributed by atoms with Crippen molar-refractivity contribution < 1.29 is 17.9 Å². The summed E-state index contributed by atoms with van der Waals surface area (Å²) in [5.41, 5.74) is 5.69. The quantitative estimate of drug-likeness (QED) is 0.607. The van der Waals surface area contributed by atoms with E-state index in [2.05, 4.69) is 28.1 Å². The molecule has 2 aromatic rings. The average Bonchev–Trinajstić information content (AvgIpc) is 3.46. The number of anilines is 1. The Kier molecular flexibility index (Phi) is 5.50. The molecule has 2 heterocycles. The number of benzene rings is 1. The molecule has 166 valence electrons. The number of carbonyl (C=O) groups excluding carboxylic acids is 1. The zero-order valence-corrected chi connectivity index (χ0v) is 20.4. The summed E-state index contributed by atoms with van der Waals surface area (Å²) >= 11 is -0.139. The molecule has 10 heteroatoms. The topological polar surface area (TPSA) is 102 Å². The summed E-state index contributed by atoms with van der Waals surface area (Å²) in [5.74, 6) is 0.223. The zero-order valence-electron chi connectivity index (χ0n) is 17.5. The summed E-state index contributed by atoms with van der Waals surface area (Å²) in [7, 11) is -4.10. The van der Waals surface area contributed by atoms with E-state index >= 15 is 0 Å². The van der Waals surface area contributed by atoms with Crippen molar-refractivity contribution >= 4 is 37.5 Å². The molecule has 3 aliphatic rings. The number of nitrogens with one attached hydrogen (secondary N) is 2. The van der Waals surface area contributed by atoms with Crippen LogP contribution >= 0.6 is 0 Å². The van der Waals surface area contributed by atoms with Crippen molar-refractivity contribution in [3.63, 3.8) is 0 Å². The van der Waals surface area contributed by atoms with Crippen LogP contribution < -0.4 is 14.8 Å². The van der Waals surface area contributed by atoms with Gasteiger partial charge in [0.1, 0.15) is 0 Å². The van der Waals surface area contributed by atoms with Crippen molar-refractivity contribution in [2.24, 2.45) is 0 Å². The van der Waals surface area contributed by atoms with Gasteiger partial charge in [0.25, 0.3) is 0 Å². The second kappa shape index (κ2) is 8.17. The fourth-order valence-corrected chi connectivity index (χ4v) is 8.21. The third-order valence-electron chi connectivity index (χ3n) is 6.30. The molecule has 2 N–H and O–H groups in total. The zero-order chi connectivity index (χ0) is 21.6. The SMILES string of the molecule is CC[AsH]C1COc2c(S(=O)(=O)NC(=O)Nc3c4c(cc5c3CCC5)CCC4)cnn2C1. The van der Waals surface area contributed by atoms with Crippen LogP contribution in [-0.4, -0.2) is 46.6 Å². The molecule has 5 rings (SSSR count). The van der Waals surface area contributed by atoms with Gasteiger partial charge >= 0.3 is 157 Å². The van der Waals surface area contributed by atoms with Gasteiger partial charge in [-0.25, -0.2) is 0 Å². The number of aromatic nitrogens is 2. The maximum absolute atomic E-state index is 12.9. The summed E-state index contributed by atoms with van der Waals surface area (Å²) in [6.07, 6.45) is 7.26. The molecule has 2 atom stereocenters. The van der Waals surface area contributed by atoms with Crippen molar-refractivity contribution in [3.05, 3.63) is 34.5 Å². The van der Waals surface area contributed by atoms with Crippen LogP contribution in [0.2, 0.25) is 9.91 Å². The van der Waals surface area contributed by atoms with E-state index in [-0.39, 0.29) is 26.5 Å². The Hall–Kier alpha value is -1.99. The number of ether oxygens (including phenoxy) is 1. The average molecular weight is 506 g/mol. The Morgan fingerprint density at radius 3 is 2.61 bits per heavy atom. The number of hydrogen-bond donors (Lipinski definition) is 2. The first-order chi connectivity index (χ1) is 15.0. The van der Waals surface area contributed by atoms with Crippen molar-refractivity contribution in [2.45, 2.75) is 66.8 Å². The van der Waals surface area contributed by atoms with Crippen LogP contribution in [0.3, 0.4) is 0 Å². The molecule has 8 nitrogen and oxygen atoms in total. The first kappa shape index (κ1) is 20.9. The predicted molar refractivity (Wildman–Crippen MR) is 119 cm³/mol. The van der Waals surface area contributed by atoms with Crippen LogP contribution in [0.1, 0.15) is 42.0 Å². The molecule has 0 spiro atoms. The van der Waals surface area contributed by atoms with Gasteiger partial charge in [-0.1, -0.05) is 6.07 Å². The molecule has 1 aliphatic heterocycles. The van der Waals surface area contributed by atoms with Gasteiger partial charge in [0.2, 0.25) is 0 Å². The van der Waals surface area contributed by atoms with Crippen LogP contribution in [0.5, 0.6) is 5.88 Å². The molecule has 0 saturated carbocycles. The number of aryl methyl sites for hydroxylation is 2. The fraction of sp³-hybridized carbons (Fsp3) is 0.524. The van der Waals surface area contributed by atoms with Crippen molar-refractivity contribution in [3.8, 4) is 5.88 Å². The van der Waals surface area contributed by atoms with E-state index in [1.807, 2.05) is 0 Å². The van der Waals surface area contributed by atoms with E-state index < -0.39 is 16.1 Å². The number of sulfonamides is 1. The molecule has 1 aromatic carbocycles. The predicted octanol–water partition coefficient (Wildman–Crippen LogP) is 2.43. The summed E-state index contributed by atoms with van der Waals surface area (Å²) < 4.78 is 35.9. The number of amides is 2. The minimum absolute atomic E-state index is 0.0823. The Balaban J connectivity index is 1.36. The Bertz CT molecular complexity index is 1110. The van der Waals surface area contributed by atoms with Gasteiger partial charge in [0.05, 0.1) is 0 Å². The molecule has 0 saturated heterocycles. The number of urea groups is 1. The molecule has 2 aliphatic carbocycles. The summed E-state index contributed by atoms with van der Waals surface area (Å²) in [6.45, 7) is 3.35. The minimum atomic E-state index is -4.10. The molecule has 0 bridgehead atoms. The Morgan fingerprint density at radius 2 is 1.94 bits per heavy atom. The van der Waals surface area contributed by atoms with E-state index in [0.29, 0.717) is 17.9 Å². The number of nitrogens with zero attached hydrogens (tertiary/aromatic N) is 2. The van der Waals surface area contributed by atoms with Gasteiger partial charge < -0.3 is 0 Å². The van der Waals surface area contributed by atoms with Crippen molar-refractivity contribution in [1.29, 1.82) is 0 Å². The fourth-order valence-electron chi connectivity index (χ4n) is 4.95. The summed E-state index contributed by atoms with van der Waals surface area (Å²) in [4.78, 5) is 12.7. The number of rotatable bonds is 5. The second-order valence-corrected chi connectivity index (χ2v) is 14.1. The van der Waals surface area contributed by atoms with Gasteiger partial charge in [-0.05, 0) is 25.7 Å². The van der Waals surface area contributed by atoms with Crippen LogP contribution in [0, 0.1) is 0 Å². The van der Waals surface area contributed by atoms with Crippen molar-refractivity contribution in [2.75, 3.05) is 11.9 Å². The molecule has 31 heavy (non-hydrogen) atoms.